The summed E-state index contributed by atoms with van der Waals surface area (Å²) in [6.07, 6.45) is 5.38. The van der Waals surface area contributed by atoms with E-state index in [1.54, 1.807) is 4.90 Å². The molecule has 1 aromatic heterocycles. The van der Waals surface area contributed by atoms with E-state index in [0.29, 0.717) is 19.6 Å². The third kappa shape index (κ3) is 3.96. The molecule has 3 aliphatic rings. The topological polar surface area (TPSA) is 87.6 Å². The number of carbonyl (C=O) groups is 1. The molecule has 0 spiro atoms. The summed E-state index contributed by atoms with van der Waals surface area (Å²) in [5.41, 5.74) is 6.02. The number of H-pyrrole nitrogens is 1. The van der Waals surface area contributed by atoms with Crippen LogP contribution >= 0.6 is 0 Å². The number of aromatic nitrogens is 1. The number of urea groups is 1. The lowest BCUT2D eigenvalue weighted by Crippen LogP contribution is -2.52. The summed E-state index contributed by atoms with van der Waals surface area (Å²) >= 11 is 0. The van der Waals surface area contributed by atoms with Crippen molar-refractivity contribution in [1.29, 1.82) is 5.26 Å². The molecule has 2 aliphatic heterocycles. The maximum atomic E-state index is 12.7. The Bertz CT molecular complexity index is 1110. The minimum absolute atomic E-state index is 0.00561. The third-order valence-corrected chi connectivity index (χ3v) is 7.21. The second kappa shape index (κ2) is 9.08. The van der Waals surface area contributed by atoms with Gasteiger partial charge in [0.05, 0.1) is 31.8 Å². The highest BCUT2D eigenvalue weighted by atomic mass is 16.5. The first-order chi connectivity index (χ1) is 16.1. The van der Waals surface area contributed by atoms with Crippen LogP contribution in [0.1, 0.15) is 30.7 Å². The molecule has 33 heavy (non-hydrogen) atoms. The second-order valence-electron chi connectivity index (χ2n) is 9.02. The molecule has 1 fully saturated rings. The standard InChI is InChI=1S/C25H32N6O2/c1-3-30(4-2)25(32)27-17-12-19-18-6-5-7-21-24(18)20(13-23(19)31(14-17)16-26)22(28-21)15-29-8-10-33-11-9-29/h5-7,12,17,23,28H,3-4,8-11,13-15H2,1-2H3,(H,27,32)/t17-,23+/m0/s1. The predicted molar refractivity (Wildman–Crippen MR) is 127 cm³/mol. The summed E-state index contributed by atoms with van der Waals surface area (Å²) in [5, 5.41) is 14.4. The minimum Gasteiger partial charge on any atom is -0.379 e. The largest absolute Gasteiger partial charge is 0.379 e. The number of hydrogen-bond acceptors (Lipinski definition) is 5. The van der Waals surface area contributed by atoms with Crippen molar-refractivity contribution in [3.63, 3.8) is 0 Å². The zero-order chi connectivity index (χ0) is 22.9. The Morgan fingerprint density at radius 3 is 2.82 bits per heavy atom. The molecule has 174 valence electrons. The number of rotatable bonds is 5. The smallest absolute Gasteiger partial charge is 0.317 e. The molecule has 0 saturated carbocycles. The summed E-state index contributed by atoms with van der Waals surface area (Å²) in [6.45, 7) is 10.1. The van der Waals surface area contributed by atoms with Crippen LogP contribution in [0.5, 0.6) is 0 Å². The van der Waals surface area contributed by atoms with E-state index >= 15 is 0 Å². The van der Waals surface area contributed by atoms with Crippen LogP contribution in [0.4, 0.5) is 4.79 Å². The van der Waals surface area contributed by atoms with Crippen molar-refractivity contribution in [3.05, 3.63) is 41.1 Å². The van der Waals surface area contributed by atoms with Gasteiger partial charge in [0.25, 0.3) is 0 Å². The molecular weight excluding hydrogens is 416 g/mol. The predicted octanol–water partition coefficient (Wildman–Crippen LogP) is 2.52. The molecule has 2 amide bonds. The lowest BCUT2D eigenvalue weighted by molar-refractivity contribution is 0.0336. The number of morpholine rings is 1. The van der Waals surface area contributed by atoms with Gasteiger partial charge in [-0.2, -0.15) is 5.26 Å². The van der Waals surface area contributed by atoms with E-state index in [9.17, 15) is 10.1 Å². The van der Waals surface area contributed by atoms with Gasteiger partial charge in [-0.05, 0) is 36.6 Å². The van der Waals surface area contributed by atoms with Gasteiger partial charge in [0, 0.05) is 55.7 Å². The third-order valence-electron chi connectivity index (χ3n) is 7.21. The van der Waals surface area contributed by atoms with Crippen LogP contribution < -0.4 is 5.32 Å². The van der Waals surface area contributed by atoms with Crippen molar-refractivity contribution in [3.8, 4) is 6.19 Å². The summed E-state index contributed by atoms with van der Waals surface area (Å²) in [4.78, 5) is 22.4. The average Bonchev–Trinajstić information content (AvgIpc) is 3.18. The molecule has 2 N–H and O–H groups in total. The van der Waals surface area contributed by atoms with Gasteiger partial charge in [0.2, 0.25) is 0 Å². The number of fused-ring (bicyclic) bond motifs is 2. The number of hydrogen-bond donors (Lipinski definition) is 2. The fourth-order valence-electron chi connectivity index (χ4n) is 5.48. The molecule has 1 aromatic carbocycles. The number of nitrogens with one attached hydrogen (secondary N) is 2. The lowest BCUT2D eigenvalue weighted by Gasteiger charge is -2.39. The summed E-state index contributed by atoms with van der Waals surface area (Å²) in [5.74, 6) is 0. The highest BCUT2D eigenvalue weighted by molar-refractivity contribution is 5.99. The SMILES string of the molecule is CCN(CC)C(=O)N[C@H]1C=C2c3cccc4[nH]c(CN5CCOCC5)c(c34)C[C@H]2N(C#N)C1. The number of ether oxygens (including phenoxy) is 1. The molecule has 0 radical (unpaired) electrons. The first-order valence-electron chi connectivity index (χ1n) is 12.0. The lowest BCUT2D eigenvalue weighted by atomic mass is 9.80. The van der Waals surface area contributed by atoms with E-state index in [4.69, 9.17) is 4.74 Å². The number of carbonyl (C=O) groups excluding carboxylic acids is 1. The minimum atomic E-state index is -0.201. The van der Waals surface area contributed by atoms with Crippen molar-refractivity contribution in [2.24, 2.45) is 0 Å². The molecule has 1 saturated heterocycles. The maximum Gasteiger partial charge on any atom is 0.317 e. The van der Waals surface area contributed by atoms with Gasteiger partial charge >= 0.3 is 6.03 Å². The van der Waals surface area contributed by atoms with Crippen LogP contribution in [0.2, 0.25) is 0 Å². The Kier molecular flexibility index (Phi) is 6.00. The first kappa shape index (κ1) is 21.8. The van der Waals surface area contributed by atoms with Gasteiger partial charge in [0.15, 0.2) is 6.19 Å². The highest BCUT2D eigenvalue weighted by Crippen LogP contribution is 2.42. The van der Waals surface area contributed by atoms with E-state index in [0.717, 1.165) is 50.4 Å². The highest BCUT2D eigenvalue weighted by Gasteiger charge is 2.37. The Labute approximate surface area is 194 Å². The van der Waals surface area contributed by atoms with E-state index in [-0.39, 0.29) is 18.1 Å². The number of nitrogens with zero attached hydrogens (tertiary/aromatic N) is 4. The normalized spacial score (nSPS) is 22.5. The molecule has 8 heteroatoms. The fraction of sp³-hybridized carbons (Fsp3) is 0.520. The number of aromatic amines is 1. The molecule has 8 nitrogen and oxygen atoms in total. The zero-order valence-electron chi connectivity index (χ0n) is 19.4. The van der Waals surface area contributed by atoms with E-state index < -0.39 is 0 Å². The van der Waals surface area contributed by atoms with Gasteiger partial charge in [-0.25, -0.2) is 4.79 Å². The van der Waals surface area contributed by atoms with Crippen molar-refractivity contribution < 1.29 is 9.53 Å². The first-order valence-corrected chi connectivity index (χ1v) is 12.0. The van der Waals surface area contributed by atoms with Gasteiger partial charge < -0.3 is 24.8 Å². The Morgan fingerprint density at radius 1 is 1.30 bits per heavy atom. The summed E-state index contributed by atoms with van der Waals surface area (Å²) in [6, 6.07) is 6.08. The van der Waals surface area contributed by atoms with E-state index in [1.807, 2.05) is 18.7 Å². The van der Waals surface area contributed by atoms with Gasteiger partial charge in [-0.3, -0.25) is 4.90 Å². The van der Waals surface area contributed by atoms with Crippen LogP contribution in [0.25, 0.3) is 16.5 Å². The van der Waals surface area contributed by atoms with Crippen molar-refractivity contribution in [2.45, 2.75) is 38.9 Å². The molecular formula is C25H32N6O2. The van der Waals surface area contributed by atoms with Crippen LogP contribution in [0.3, 0.4) is 0 Å². The quantitative estimate of drug-likeness (QED) is 0.687. The molecule has 3 heterocycles. The average molecular weight is 449 g/mol. The number of benzene rings is 1. The Balaban J connectivity index is 1.50. The fourth-order valence-corrected chi connectivity index (χ4v) is 5.48. The van der Waals surface area contributed by atoms with Crippen molar-refractivity contribution >= 4 is 22.5 Å². The van der Waals surface area contributed by atoms with Crippen LogP contribution in [-0.4, -0.2) is 83.7 Å². The molecule has 5 rings (SSSR count). The second-order valence-corrected chi connectivity index (χ2v) is 9.02. The molecule has 2 atom stereocenters. The Morgan fingerprint density at radius 2 is 2.09 bits per heavy atom. The van der Waals surface area contributed by atoms with Gasteiger partial charge in [-0.1, -0.05) is 18.2 Å². The summed E-state index contributed by atoms with van der Waals surface area (Å²) in [7, 11) is 0. The van der Waals surface area contributed by atoms with Crippen LogP contribution in [0.15, 0.2) is 24.3 Å². The van der Waals surface area contributed by atoms with E-state index in [1.165, 1.54) is 22.2 Å². The molecule has 0 unspecified atom stereocenters. The zero-order valence-corrected chi connectivity index (χ0v) is 19.4. The van der Waals surface area contributed by atoms with Crippen LogP contribution in [-0.2, 0) is 17.7 Å². The molecule has 1 aliphatic carbocycles. The Hall–Kier alpha value is -3.02. The molecule has 0 bridgehead atoms. The van der Waals surface area contributed by atoms with Gasteiger partial charge in [-0.15, -0.1) is 0 Å². The van der Waals surface area contributed by atoms with Crippen molar-refractivity contribution in [2.75, 3.05) is 45.9 Å². The number of amides is 2. The molecule has 2 aromatic rings. The maximum absolute atomic E-state index is 12.7. The monoisotopic (exact) mass is 448 g/mol. The van der Waals surface area contributed by atoms with Crippen LogP contribution in [0, 0.1) is 11.5 Å². The van der Waals surface area contributed by atoms with E-state index in [2.05, 4.69) is 45.7 Å². The number of nitriles is 1. The van der Waals surface area contributed by atoms with Gasteiger partial charge in [0.1, 0.15) is 0 Å². The van der Waals surface area contributed by atoms with Crippen molar-refractivity contribution in [1.82, 2.24) is 25.0 Å². The summed E-state index contributed by atoms with van der Waals surface area (Å²) < 4.78 is 5.51.